The lowest BCUT2D eigenvalue weighted by atomic mass is 10.0. The van der Waals surface area contributed by atoms with E-state index in [-0.39, 0.29) is 0 Å². The third-order valence-corrected chi connectivity index (χ3v) is 5.39. The summed E-state index contributed by atoms with van der Waals surface area (Å²) < 4.78 is 1.93. The van der Waals surface area contributed by atoms with Gasteiger partial charge in [0.25, 0.3) is 0 Å². The third kappa shape index (κ3) is 4.22. The molecule has 6 heteroatoms. The van der Waals surface area contributed by atoms with Crippen LogP contribution < -0.4 is 10.2 Å². The average Bonchev–Trinajstić information content (AvgIpc) is 3.22. The van der Waals surface area contributed by atoms with Gasteiger partial charge in [-0.15, -0.1) is 0 Å². The number of nitrogens with one attached hydrogen (secondary N) is 1. The zero-order chi connectivity index (χ0) is 19.3. The van der Waals surface area contributed by atoms with Gasteiger partial charge in [-0.2, -0.15) is 5.10 Å². The fourth-order valence-electron chi connectivity index (χ4n) is 3.74. The predicted octanol–water partition coefficient (Wildman–Crippen LogP) is 3.29. The van der Waals surface area contributed by atoms with E-state index < -0.39 is 0 Å². The molecular formula is C22H28N6. The molecule has 0 atom stereocenters. The number of hydrogen-bond donors (Lipinski definition) is 1. The van der Waals surface area contributed by atoms with Gasteiger partial charge in [0.1, 0.15) is 11.6 Å². The van der Waals surface area contributed by atoms with Crippen LogP contribution in [0, 0.1) is 6.92 Å². The van der Waals surface area contributed by atoms with Crippen LogP contribution in [0.1, 0.15) is 36.7 Å². The summed E-state index contributed by atoms with van der Waals surface area (Å²) >= 11 is 0. The molecule has 2 aromatic heterocycles. The summed E-state index contributed by atoms with van der Waals surface area (Å²) in [4.78, 5) is 11.5. The summed E-state index contributed by atoms with van der Waals surface area (Å²) in [5.41, 5.74) is 3.55. The lowest BCUT2D eigenvalue weighted by Crippen LogP contribution is -2.43. The molecule has 0 bridgehead atoms. The van der Waals surface area contributed by atoms with Crippen LogP contribution in [0.15, 0.2) is 48.9 Å². The first-order valence-corrected chi connectivity index (χ1v) is 10.1. The zero-order valence-electron chi connectivity index (χ0n) is 16.7. The van der Waals surface area contributed by atoms with Gasteiger partial charge in [-0.3, -0.25) is 0 Å². The van der Waals surface area contributed by atoms with E-state index in [1.165, 1.54) is 11.1 Å². The molecule has 0 spiro atoms. The van der Waals surface area contributed by atoms with Gasteiger partial charge in [0.15, 0.2) is 0 Å². The van der Waals surface area contributed by atoms with Crippen molar-refractivity contribution in [3.05, 3.63) is 65.9 Å². The number of nitrogens with zero attached hydrogens (tertiary/aromatic N) is 5. The van der Waals surface area contributed by atoms with Crippen molar-refractivity contribution in [1.82, 2.24) is 25.1 Å². The van der Waals surface area contributed by atoms with E-state index in [4.69, 9.17) is 4.98 Å². The van der Waals surface area contributed by atoms with Gasteiger partial charge in [-0.1, -0.05) is 25.1 Å². The second kappa shape index (κ2) is 8.52. The molecular weight excluding hydrogens is 348 g/mol. The predicted molar refractivity (Wildman–Crippen MR) is 112 cm³/mol. The highest BCUT2D eigenvalue weighted by molar-refractivity contribution is 5.46. The maximum absolute atomic E-state index is 4.70. The molecule has 0 aliphatic carbocycles. The summed E-state index contributed by atoms with van der Waals surface area (Å²) in [7, 11) is 0. The number of aryl methyl sites for hydroxylation is 2. The van der Waals surface area contributed by atoms with E-state index in [2.05, 4.69) is 45.6 Å². The lowest BCUT2D eigenvalue weighted by molar-refractivity contribution is 0.412. The molecule has 0 radical (unpaired) electrons. The first-order chi connectivity index (χ1) is 13.7. The highest BCUT2D eigenvalue weighted by atomic mass is 15.3. The summed E-state index contributed by atoms with van der Waals surface area (Å²) in [6, 6.07) is 10.8. The topological polar surface area (TPSA) is 58.9 Å². The molecule has 1 N–H and O–H groups in total. The van der Waals surface area contributed by atoms with Gasteiger partial charge >= 0.3 is 0 Å². The zero-order valence-corrected chi connectivity index (χ0v) is 16.7. The van der Waals surface area contributed by atoms with Gasteiger partial charge in [0.2, 0.25) is 0 Å². The molecule has 0 amide bonds. The van der Waals surface area contributed by atoms with Crippen LogP contribution >= 0.6 is 0 Å². The van der Waals surface area contributed by atoms with Crippen molar-refractivity contribution in [1.29, 1.82) is 0 Å². The third-order valence-electron chi connectivity index (χ3n) is 5.39. The minimum atomic E-state index is 0.532. The average molecular weight is 377 g/mol. The SMILES string of the molecule is CCc1cnc(C)nc1N1CCC(NCc2cnn(-c3ccccc3)c2)CC1. The van der Waals surface area contributed by atoms with Crippen LogP contribution in [0.5, 0.6) is 0 Å². The summed E-state index contributed by atoms with van der Waals surface area (Å²) in [6.45, 7) is 7.05. The molecule has 28 heavy (non-hydrogen) atoms. The monoisotopic (exact) mass is 376 g/mol. The largest absolute Gasteiger partial charge is 0.356 e. The number of benzene rings is 1. The fourth-order valence-corrected chi connectivity index (χ4v) is 3.74. The van der Waals surface area contributed by atoms with Gasteiger partial charge in [0.05, 0.1) is 11.9 Å². The Labute approximate surface area is 166 Å². The second-order valence-corrected chi connectivity index (χ2v) is 7.39. The first-order valence-electron chi connectivity index (χ1n) is 10.1. The maximum atomic E-state index is 4.70. The Hall–Kier alpha value is -2.73. The smallest absolute Gasteiger partial charge is 0.135 e. The van der Waals surface area contributed by atoms with Crippen LogP contribution in [-0.2, 0) is 13.0 Å². The van der Waals surface area contributed by atoms with E-state index in [1.807, 2.05) is 42.2 Å². The maximum Gasteiger partial charge on any atom is 0.135 e. The van der Waals surface area contributed by atoms with Gasteiger partial charge < -0.3 is 10.2 Å². The van der Waals surface area contributed by atoms with Gasteiger partial charge in [-0.25, -0.2) is 14.6 Å². The van der Waals surface area contributed by atoms with E-state index in [0.717, 1.165) is 56.2 Å². The van der Waals surface area contributed by atoms with Crippen molar-refractivity contribution in [3.8, 4) is 5.69 Å². The molecule has 0 saturated carbocycles. The number of para-hydroxylation sites is 1. The van der Waals surface area contributed by atoms with Crippen molar-refractivity contribution in [2.75, 3.05) is 18.0 Å². The van der Waals surface area contributed by atoms with E-state index in [9.17, 15) is 0 Å². The number of aromatic nitrogens is 4. The molecule has 3 aromatic rings. The minimum Gasteiger partial charge on any atom is -0.356 e. The molecule has 0 unspecified atom stereocenters. The Morgan fingerprint density at radius 2 is 1.89 bits per heavy atom. The van der Waals surface area contributed by atoms with Crippen LogP contribution in [0.25, 0.3) is 5.69 Å². The molecule has 4 rings (SSSR count). The van der Waals surface area contributed by atoms with Crippen LogP contribution in [0.4, 0.5) is 5.82 Å². The quantitative estimate of drug-likeness (QED) is 0.715. The Kier molecular flexibility index (Phi) is 5.67. The molecule has 1 aliphatic heterocycles. The molecule has 146 valence electrons. The lowest BCUT2D eigenvalue weighted by Gasteiger charge is -2.34. The van der Waals surface area contributed by atoms with Crippen molar-refractivity contribution >= 4 is 5.82 Å². The highest BCUT2D eigenvalue weighted by Gasteiger charge is 2.21. The summed E-state index contributed by atoms with van der Waals surface area (Å²) in [5.74, 6) is 1.97. The molecule has 3 heterocycles. The summed E-state index contributed by atoms with van der Waals surface area (Å²) in [5, 5.41) is 8.19. The normalized spacial score (nSPS) is 15.1. The Balaban J connectivity index is 1.31. The van der Waals surface area contributed by atoms with Crippen LogP contribution in [0.3, 0.4) is 0 Å². The Morgan fingerprint density at radius 1 is 1.11 bits per heavy atom. The first kappa shape index (κ1) is 18.6. The highest BCUT2D eigenvalue weighted by Crippen LogP contribution is 2.22. The summed E-state index contributed by atoms with van der Waals surface area (Å²) in [6.07, 6.45) is 9.25. The molecule has 1 aromatic carbocycles. The minimum absolute atomic E-state index is 0.532. The van der Waals surface area contributed by atoms with E-state index in [1.54, 1.807) is 0 Å². The van der Waals surface area contributed by atoms with Crippen molar-refractivity contribution in [2.24, 2.45) is 0 Å². The van der Waals surface area contributed by atoms with E-state index >= 15 is 0 Å². The van der Waals surface area contributed by atoms with E-state index in [0.29, 0.717) is 6.04 Å². The van der Waals surface area contributed by atoms with Crippen molar-refractivity contribution < 1.29 is 0 Å². The number of rotatable bonds is 6. The molecule has 6 nitrogen and oxygen atoms in total. The number of hydrogen-bond acceptors (Lipinski definition) is 5. The fraction of sp³-hybridized carbons (Fsp3) is 0.409. The molecule has 1 saturated heterocycles. The Bertz CT molecular complexity index is 896. The van der Waals surface area contributed by atoms with Crippen molar-refractivity contribution in [2.45, 2.75) is 45.7 Å². The molecule has 1 aliphatic rings. The van der Waals surface area contributed by atoms with Gasteiger partial charge in [-0.05, 0) is 38.3 Å². The standard InChI is InChI=1S/C22H28N6/c1-3-19-15-23-17(2)26-22(19)27-11-9-20(10-12-27)24-13-18-14-25-28(16-18)21-7-5-4-6-8-21/h4-8,14-16,20,24H,3,9-13H2,1-2H3. The Morgan fingerprint density at radius 3 is 2.64 bits per heavy atom. The number of piperidine rings is 1. The van der Waals surface area contributed by atoms with Crippen LogP contribution in [0.2, 0.25) is 0 Å². The van der Waals surface area contributed by atoms with Crippen LogP contribution in [-0.4, -0.2) is 38.9 Å². The molecule has 1 fully saturated rings. The number of anilines is 1. The van der Waals surface area contributed by atoms with Crippen molar-refractivity contribution in [3.63, 3.8) is 0 Å². The van der Waals surface area contributed by atoms with Gasteiger partial charge in [0, 0.05) is 49.2 Å². The second-order valence-electron chi connectivity index (χ2n) is 7.39.